The summed E-state index contributed by atoms with van der Waals surface area (Å²) in [6.45, 7) is 1.87. The van der Waals surface area contributed by atoms with Crippen molar-refractivity contribution in [3.05, 3.63) is 63.9 Å². The second-order valence-corrected chi connectivity index (χ2v) is 6.73. The van der Waals surface area contributed by atoms with Crippen LogP contribution in [-0.2, 0) is 0 Å². The van der Waals surface area contributed by atoms with Crippen LogP contribution >= 0.6 is 22.9 Å². The fourth-order valence-corrected chi connectivity index (χ4v) is 3.50. The highest BCUT2D eigenvalue weighted by Crippen LogP contribution is 2.30. The number of benzene rings is 2. The van der Waals surface area contributed by atoms with Crippen LogP contribution in [0.5, 0.6) is 0 Å². The van der Waals surface area contributed by atoms with Crippen LogP contribution in [0.25, 0.3) is 10.2 Å². The molecule has 0 aliphatic rings. The molecule has 0 saturated carbocycles. The Bertz CT molecular complexity index is 847. The molecule has 3 aromatic rings. The van der Waals surface area contributed by atoms with Crippen LogP contribution in [0.15, 0.2) is 42.5 Å². The molecular weight excluding hydrogens is 335 g/mol. The normalized spacial score (nSPS) is 12.3. The minimum atomic E-state index is -0.581. The number of hydrogen-bond acceptors (Lipinski definition) is 3. The molecule has 0 aliphatic heterocycles. The Hall–Kier alpha value is -1.98. The maximum Gasteiger partial charge on any atom is 0.257 e. The summed E-state index contributed by atoms with van der Waals surface area (Å²) >= 11 is 7.40. The van der Waals surface area contributed by atoms with E-state index in [-0.39, 0.29) is 11.6 Å². The van der Waals surface area contributed by atoms with Crippen molar-refractivity contribution in [2.45, 2.75) is 13.0 Å². The third-order valence-electron chi connectivity index (χ3n) is 3.73. The second-order valence-electron chi connectivity index (χ2n) is 5.24. The van der Waals surface area contributed by atoms with Crippen LogP contribution in [0.3, 0.4) is 0 Å². The van der Waals surface area contributed by atoms with E-state index in [4.69, 9.17) is 11.6 Å². The summed E-state index contributed by atoms with van der Waals surface area (Å²) in [5.41, 5.74) is 0.863. The number of amides is 1. The van der Waals surface area contributed by atoms with Gasteiger partial charge in [0.2, 0.25) is 0 Å². The van der Waals surface area contributed by atoms with Gasteiger partial charge in [-0.05, 0) is 37.3 Å². The monoisotopic (exact) mass is 348 g/mol. The molecule has 6 heteroatoms. The van der Waals surface area contributed by atoms with Gasteiger partial charge in [-0.1, -0.05) is 23.7 Å². The van der Waals surface area contributed by atoms with E-state index in [9.17, 15) is 9.18 Å². The summed E-state index contributed by atoms with van der Waals surface area (Å²) in [4.78, 5) is 18.6. The van der Waals surface area contributed by atoms with Gasteiger partial charge in [0.25, 0.3) is 5.91 Å². The molecule has 0 N–H and O–H groups in total. The van der Waals surface area contributed by atoms with Gasteiger partial charge in [0.05, 0.1) is 21.8 Å². The topological polar surface area (TPSA) is 33.2 Å². The molecule has 0 bridgehead atoms. The standard InChI is InChI=1S/C17H14ClFN2OS/c1-10(16-20-14-5-3-4-6-15(14)23-16)21(2)17(22)12-9-11(18)7-8-13(12)19/h3-10H,1-2H3/t10-/m0/s1. The van der Waals surface area contributed by atoms with E-state index in [0.29, 0.717) is 5.02 Å². The SMILES string of the molecule is C[C@@H](c1nc2ccccc2s1)N(C)C(=O)c1cc(Cl)ccc1F. The first-order valence-electron chi connectivity index (χ1n) is 7.05. The number of halogens is 2. The Labute approximate surface area is 142 Å². The maximum atomic E-state index is 13.9. The molecule has 0 aliphatic carbocycles. The number of carbonyl (C=O) groups is 1. The Morgan fingerprint density at radius 1 is 1.30 bits per heavy atom. The van der Waals surface area contributed by atoms with E-state index in [1.165, 1.54) is 34.4 Å². The molecule has 3 nitrogen and oxygen atoms in total. The molecule has 0 unspecified atom stereocenters. The molecule has 1 amide bonds. The molecule has 2 aromatic carbocycles. The number of carbonyl (C=O) groups excluding carboxylic acids is 1. The minimum Gasteiger partial charge on any atom is -0.332 e. The second kappa shape index (κ2) is 6.26. The summed E-state index contributed by atoms with van der Waals surface area (Å²) in [5, 5.41) is 1.14. The summed E-state index contributed by atoms with van der Waals surface area (Å²) in [6, 6.07) is 11.5. The average molecular weight is 349 g/mol. The predicted molar refractivity (Wildman–Crippen MR) is 91.5 cm³/mol. The smallest absolute Gasteiger partial charge is 0.257 e. The van der Waals surface area contributed by atoms with Crippen molar-refractivity contribution in [1.82, 2.24) is 9.88 Å². The predicted octanol–water partition coefficient (Wildman–Crippen LogP) is 4.92. The first-order chi connectivity index (χ1) is 11.0. The van der Waals surface area contributed by atoms with Crippen molar-refractivity contribution in [2.75, 3.05) is 7.05 Å². The largest absolute Gasteiger partial charge is 0.332 e. The molecule has 118 valence electrons. The number of nitrogens with zero attached hydrogens (tertiary/aromatic N) is 2. The van der Waals surface area contributed by atoms with Gasteiger partial charge >= 0.3 is 0 Å². The summed E-state index contributed by atoms with van der Waals surface area (Å²) in [5.74, 6) is -1.00. The zero-order valence-electron chi connectivity index (χ0n) is 12.6. The number of thiazole rings is 1. The maximum absolute atomic E-state index is 13.9. The van der Waals surface area contributed by atoms with Gasteiger partial charge in [0.1, 0.15) is 10.8 Å². The molecule has 23 heavy (non-hydrogen) atoms. The van der Waals surface area contributed by atoms with E-state index in [1.54, 1.807) is 7.05 Å². The van der Waals surface area contributed by atoms with E-state index in [1.807, 2.05) is 31.2 Å². The van der Waals surface area contributed by atoms with Gasteiger partial charge in [-0.2, -0.15) is 0 Å². The van der Waals surface area contributed by atoms with Crippen LogP contribution < -0.4 is 0 Å². The van der Waals surface area contributed by atoms with Crippen molar-refractivity contribution in [3.8, 4) is 0 Å². The summed E-state index contributed by atoms with van der Waals surface area (Å²) in [7, 11) is 1.64. The lowest BCUT2D eigenvalue weighted by molar-refractivity contribution is 0.0738. The number of hydrogen-bond donors (Lipinski definition) is 0. The molecule has 1 atom stereocenters. The van der Waals surface area contributed by atoms with Gasteiger partial charge < -0.3 is 4.90 Å². The van der Waals surface area contributed by atoms with E-state index in [2.05, 4.69) is 4.98 Å². The van der Waals surface area contributed by atoms with Gasteiger partial charge in [-0.15, -0.1) is 11.3 Å². The fourth-order valence-electron chi connectivity index (χ4n) is 2.26. The average Bonchev–Trinajstić information content (AvgIpc) is 2.99. The van der Waals surface area contributed by atoms with Crippen LogP contribution in [0, 0.1) is 5.82 Å². The van der Waals surface area contributed by atoms with Crippen LogP contribution in [-0.4, -0.2) is 22.8 Å². The highest BCUT2D eigenvalue weighted by atomic mass is 35.5. The molecule has 0 spiro atoms. The third-order valence-corrected chi connectivity index (χ3v) is 5.17. The molecule has 0 saturated heterocycles. The first kappa shape index (κ1) is 15.9. The van der Waals surface area contributed by atoms with Crippen molar-refractivity contribution >= 4 is 39.1 Å². The third kappa shape index (κ3) is 3.07. The Morgan fingerprint density at radius 3 is 2.78 bits per heavy atom. The van der Waals surface area contributed by atoms with E-state index in [0.717, 1.165) is 15.2 Å². The number of fused-ring (bicyclic) bond motifs is 1. The zero-order chi connectivity index (χ0) is 16.6. The number of rotatable bonds is 3. The molecule has 0 radical (unpaired) electrons. The van der Waals surface area contributed by atoms with E-state index >= 15 is 0 Å². The van der Waals surface area contributed by atoms with E-state index < -0.39 is 11.7 Å². The quantitative estimate of drug-likeness (QED) is 0.673. The highest BCUT2D eigenvalue weighted by Gasteiger charge is 2.24. The molecule has 1 aromatic heterocycles. The van der Waals surface area contributed by atoms with Crippen LogP contribution in [0.1, 0.15) is 28.3 Å². The Morgan fingerprint density at radius 2 is 2.04 bits per heavy atom. The molecule has 0 fully saturated rings. The van der Waals surface area contributed by atoms with Crippen molar-refractivity contribution < 1.29 is 9.18 Å². The first-order valence-corrected chi connectivity index (χ1v) is 8.24. The Balaban J connectivity index is 1.90. The van der Waals surface area contributed by atoms with Crippen LogP contribution in [0.2, 0.25) is 5.02 Å². The minimum absolute atomic E-state index is 0.0343. The van der Waals surface area contributed by atoms with Gasteiger partial charge in [0, 0.05) is 12.1 Å². The van der Waals surface area contributed by atoms with Gasteiger partial charge in [0.15, 0.2) is 0 Å². The molecular formula is C17H14ClFN2OS. The Kier molecular flexibility index (Phi) is 4.33. The lowest BCUT2D eigenvalue weighted by atomic mass is 10.1. The molecule has 3 rings (SSSR count). The lowest BCUT2D eigenvalue weighted by Gasteiger charge is -2.23. The van der Waals surface area contributed by atoms with Crippen molar-refractivity contribution in [1.29, 1.82) is 0 Å². The fraction of sp³-hybridized carbons (Fsp3) is 0.176. The van der Waals surface area contributed by atoms with Gasteiger partial charge in [-0.25, -0.2) is 9.37 Å². The lowest BCUT2D eigenvalue weighted by Crippen LogP contribution is -2.30. The van der Waals surface area contributed by atoms with Gasteiger partial charge in [-0.3, -0.25) is 4.79 Å². The van der Waals surface area contributed by atoms with Crippen molar-refractivity contribution in [3.63, 3.8) is 0 Å². The molecule has 1 heterocycles. The number of aromatic nitrogens is 1. The summed E-state index contributed by atoms with van der Waals surface area (Å²) in [6.07, 6.45) is 0. The summed E-state index contributed by atoms with van der Waals surface area (Å²) < 4.78 is 15.0. The van der Waals surface area contributed by atoms with Crippen LogP contribution in [0.4, 0.5) is 4.39 Å². The zero-order valence-corrected chi connectivity index (χ0v) is 14.2. The van der Waals surface area contributed by atoms with Crippen molar-refractivity contribution in [2.24, 2.45) is 0 Å². The number of para-hydroxylation sites is 1. The highest BCUT2D eigenvalue weighted by molar-refractivity contribution is 7.18.